The Morgan fingerprint density at radius 2 is 2.14 bits per heavy atom. The lowest BCUT2D eigenvalue weighted by atomic mass is 10.1. The van der Waals surface area contributed by atoms with Crippen LogP contribution in [0.3, 0.4) is 0 Å². The molecule has 1 aromatic rings. The molecular formula is C9H8O5. The van der Waals surface area contributed by atoms with Crippen molar-refractivity contribution in [2.24, 2.45) is 0 Å². The highest BCUT2D eigenvalue weighted by molar-refractivity contribution is 5.99. The van der Waals surface area contributed by atoms with Crippen LogP contribution in [0, 0.1) is 0 Å². The fourth-order valence-corrected chi connectivity index (χ4v) is 1.03. The molecule has 2 N–H and O–H groups in total. The van der Waals surface area contributed by atoms with Crippen LogP contribution in [0.1, 0.15) is 20.7 Å². The molecule has 0 unspecified atom stereocenters. The van der Waals surface area contributed by atoms with Gasteiger partial charge in [0.25, 0.3) is 0 Å². The van der Waals surface area contributed by atoms with Crippen molar-refractivity contribution in [3.63, 3.8) is 0 Å². The number of aromatic carboxylic acids is 1. The molecule has 1 aromatic carbocycles. The summed E-state index contributed by atoms with van der Waals surface area (Å²) in [7, 11) is 1.33. The molecule has 0 bridgehead atoms. The summed E-state index contributed by atoms with van der Waals surface area (Å²) in [4.78, 5) is 21.2. The van der Waals surface area contributed by atoms with E-state index in [1.807, 2.05) is 0 Å². The molecule has 0 fully saturated rings. The van der Waals surface area contributed by atoms with Crippen LogP contribution in [0.2, 0.25) is 0 Å². The Balaban J connectivity index is 3.43. The summed E-state index contributed by atoms with van der Waals surface area (Å²) in [6.45, 7) is 0. The maximum absolute atomic E-state index is 10.7. The number of methoxy groups -OCH3 is 1. The van der Waals surface area contributed by atoms with E-state index in [0.717, 1.165) is 0 Å². The fourth-order valence-electron chi connectivity index (χ4n) is 1.03. The predicted octanol–water partition coefficient (Wildman–Crippen LogP) is 0.911. The van der Waals surface area contributed by atoms with Crippen LogP contribution >= 0.6 is 0 Å². The molecular weight excluding hydrogens is 188 g/mol. The van der Waals surface area contributed by atoms with Crippen LogP contribution in [0.5, 0.6) is 11.5 Å². The number of hydrogen-bond donors (Lipinski definition) is 2. The van der Waals surface area contributed by atoms with Crippen LogP contribution in [0.4, 0.5) is 0 Å². The van der Waals surface area contributed by atoms with E-state index in [2.05, 4.69) is 0 Å². The number of phenolic OH excluding ortho intramolecular Hbond substituents is 1. The zero-order chi connectivity index (χ0) is 10.7. The van der Waals surface area contributed by atoms with Crippen molar-refractivity contribution < 1.29 is 24.5 Å². The van der Waals surface area contributed by atoms with Gasteiger partial charge in [-0.25, -0.2) is 4.79 Å². The lowest BCUT2D eigenvalue weighted by molar-refractivity contribution is 0.0693. The fraction of sp³-hybridized carbons (Fsp3) is 0.111. The number of hydrogen-bond acceptors (Lipinski definition) is 4. The number of carboxylic acids is 1. The van der Waals surface area contributed by atoms with E-state index >= 15 is 0 Å². The van der Waals surface area contributed by atoms with Gasteiger partial charge in [-0.2, -0.15) is 0 Å². The number of aldehydes is 1. The molecule has 0 aliphatic rings. The van der Waals surface area contributed by atoms with E-state index in [4.69, 9.17) is 9.84 Å². The first-order valence-corrected chi connectivity index (χ1v) is 3.69. The number of rotatable bonds is 3. The van der Waals surface area contributed by atoms with E-state index in [9.17, 15) is 14.7 Å². The summed E-state index contributed by atoms with van der Waals surface area (Å²) in [5.41, 5.74) is -0.532. The van der Waals surface area contributed by atoms with E-state index < -0.39 is 11.7 Å². The molecule has 0 heterocycles. The Morgan fingerprint density at radius 3 is 2.57 bits per heavy atom. The minimum absolute atomic E-state index is 0.186. The molecule has 0 spiro atoms. The van der Waals surface area contributed by atoms with Crippen molar-refractivity contribution in [3.8, 4) is 11.5 Å². The molecule has 0 aliphatic carbocycles. The van der Waals surface area contributed by atoms with Crippen LogP contribution in [-0.2, 0) is 0 Å². The van der Waals surface area contributed by atoms with E-state index in [1.54, 1.807) is 0 Å². The average Bonchev–Trinajstić information content (AvgIpc) is 2.16. The summed E-state index contributed by atoms with van der Waals surface area (Å²) in [5.74, 6) is -1.51. The van der Waals surface area contributed by atoms with Gasteiger partial charge < -0.3 is 14.9 Å². The van der Waals surface area contributed by atoms with Gasteiger partial charge in [-0.1, -0.05) is 0 Å². The molecule has 5 nitrogen and oxygen atoms in total. The first-order valence-electron chi connectivity index (χ1n) is 3.69. The van der Waals surface area contributed by atoms with Gasteiger partial charge in [0, 0.05) is 6.07 Å². The van der Waals surface area contributed by atoms with Gasteiger partial charge in [0.05, 0.1) is 18.2 Å². The molecule has 5 heteroatoms. The third kappa shape index (κ3) is 1.66. The number of carboxylic acid groups (broad SMARTS) is 1. The smallest absolute Gasteiger partial charge is 0.336 e. The third-order valence-corrected chi connectivity index (χ3v) is 1.72. The zero-order valence-electron chi connectivity index (χ0n) is 7.35. The minimum atomic E-state index is -1.29. The highest BCUT2D eigenvalue weighted by Gasteiger charge is 2.15. The highest BCUT2D eigenvalue weighted by Crippen LogP contribution is 2.26. The van der Waals surface area contributed by atoms with Crippen molar-refractivity contribution in [1.82, 2.24) is 0 Å². The van der Waals surface area contributed by atoms with Crippen molar-refractivity contribution in [2.75, 3.05) is 7.11 Å². The van der Waals surface area contributed by atoms with Crippen molar-refractivity contribution >= 4 is 12.3 Å². The maximum Gasteiger partial charge on any atom is 0.336 e. The first kappa shape index (κ1) is 10.0. The number of benzene rings is 1. The monoisotopic (exact) mass is 196 g/mol. The lowest BCUT2D eigenvalue weighted by Gasteiger charge is -2.05. The molecule has 0 aromatic heterocycles. The van der Waals surface area contributed by atoms with Crippen LogP contribution in [0.15, 0.2) is 12.1 Å². The quantitative estimate of drug-likeness (QED) is 0.702. The Kier molecular flexibility index (Phi) is 2.71. The second-order valence-corrected chi connectivity index (χ2v) is 2.53. The van der Waals surface area contributed by atoms with Gasteiger partial charge >= 0.3 is 5.97 Å². The molecule has 0 aliphatic heterocycles. The largest absolute Gasteiger partial charge is 0.507 e. The first-order chi connectivity index (χ1) is 6.60. The zero-order valence-corrected chi connectivity index (χ0v) is 7.35. The summed E-state index contributed by atoms with van der Waals surface area (Å²) in [5, 5.41) is 18.0. The molecule has 74 valence electrons. The Labute approximate surface area is 79.6 Å². The van der Waals surface area contributed by atoms with E-state index in [1.165, 1.54) is 19.2 Å². The molecule has 1 rings (SSSR count). The third-order valence-electron chi connectivity index (χ3n) is 1.72. The van der Waals surface area contributed by atoms with Crippen molar-refractivity contribution in [3.05, 3.63) is 23.3 Å². The SMILES string of the molecule is COc1cc(O)c(C=O)c(C(=O)O)c1. The normalized spacial score (nSPS) is 9.50. The number of carbonyl (C=O) groups is 2. The van der Waals surface area contributed by atoms with Crippen LogP contribution < -0.4 is 4.74 Å². The van der Waals surface area contributed by atoms with Gasteiger partial charge in [-0.3, -0.25) is 4.79 Å². The topological polar surface area (TPSA) is 83.8 Å². The van der Waals surface area contributed by atoms with Gasteiger partial charge in [0.1, 0.15) is 11.5 Å². The van der Waals surface area contributed by atoms with E-state index in [0.29, 0.717) is 0 Å². The number of phenols is 1. The standard InChI is InChI=1S/C9H8O5/c1-14-5-2-6(9(12)13)7(4-10)8(11)3-5/h2-4,11H,1H3,(H,12,13). The van der Waals surface area contributed by atoms with Gasteiger partial charge in [0.2, 0.25) is 0 Å². The van der Waals surface area contributed by atoms with Gasteiger partial charge in [-0.05, 0) is 6.07 Å². The van der Waals surface area contributed by atoms with E-state index in [-0.39, 0.29) is 23.2 Å². The molecule has 0 saturated heterocycles. The van der Waals surface area contributed by atoms with Gasteiger partial charge in [-0.15, -0.1) is 0 Å². The van der Waals surface area contributed by atoms with Crippen molar-refractivity contribution in [2.45, 2.75) is 0 Å². The second-order valence-electron chi connectivity index (χ2n) is 2.53. The summed E-state index contributed by atoms with van der Waals surface area (Å²) >= 11 is 0. The summed E-state index contributed by atoms with van der Waals surface area (Å²) in [6.07, 6.45) is 0.290. The maximum atomic E-state index is 10.7. The summed E-state index contributed by atoms with van der Waals surface area (Å²) < 4.78 is 4.75. The Bertz CT molecular complexity index is 383. The number of ether oxygens (including phenoxy) is 1. The lowest BCUT2D eigenvalue weighted by Crippen LogP contribution is -2.02. The highest BCUT2D eigenvalue weighted by atomic mass is 16.5. The van der Waals surface area contributed by atoms with Gasteiger partial charge in [0.15, 0.2) is 6.29 Å². The van der Waals surface area contributed by atoms with Crippen LogP contribution in [-0.4, -0.2) is 29.6 Å². The number of carbonyl (C=O) groups excluding carboxylic acids is 1. The molecule has 0 amide bonds. The second kappa shape index (κ2) is 3.78. The predicted molar refractivity (Wildman–Crippen MR) is 47.0 cm³/mol. The summed E-state index contributed by atoms with van der Waals surface area (Å²) in [6, 6.07) is 2.35. The Morgan fingerprint density at radius 1 is 1.50 bits per heavy atom. The minimum Gasteiger partial charge on any atom is -0.507 e. The Hall–Kier alpha value is -2.04. The molecule has 0 saturated carbocycles. The van der Waals surface area contributed by atoms with Crippen molar-refractivity contribution in [1.29, 1.82) is 0 Å². The molecule has 0 atom stereocenters. The molecule has 0 radical (unpaired) electrons. The molecule has 14 heavy (non-hydrogen) atoms. The number of aromatic hydroxyl groups is 1. The van der Waals surface area contributed by atoms with Crippen LogP contribution in [0.25, 0.3) is 0 Å². The average molecular weight is 196 g/mol.